The van der Waals surface area contributed by atoms with E-state index in [4.69, 9.17) is 11.6 Å². The number of benzene rings is 1. The van der Waals surface area contributed by atoms with Crippen molar-refractivity contribution in [2.45, 2.75) is 31.8 Å². The Morgan fingerprint density at radius 1 is 1.35 bits per heavy atom. The first kappa shape index (κ1) is 12.9. The zero-order valence-electron chi connectivity index (χ0n) is 10.0. The van der Waals surface area contributed by atoms with Crippen LogP contribution in [0.25, 0.3) is 0 Å². The third-order valence-electron chi connectivity index (χ3n) is 3.56. The Kier molecular flexibility index (Phi) is 4.84. The fourth-order valence-corrected chi connectivity index (χ4v) is 2.44. The molecule has 1 atom stereocenters. The highest BCUT2D eigenvalue weighted by Crippen LogP contribution is 2.28. The van der Waals surface area contributed by atoms with Gasteiger partial charge in [-0.2, -0.15) is 0 Å². The molecule has 0 aliphatic heterocycles. The minimum atomic E-state index is -0.509. The van der Waals surface area contributed by atoms with Crippen LogP contribution in [0.15, 0.2) is 24.3 Å². The Labute approximate surface area is 108 Å². The van der Waals surface area contributed by atoms with E-state index in [9.17, 15) is 5.11 Å². The van der Waals surface area contributed by atoms with E-state index in [0.29, 0.717) is 11.6 Å². The van der Waals surface area contributed by atoms with Gasteiger partial charge in [0.1, 0.15) is 0 Å². The lowest BCUT2D eigenvalue weighted by Gasteiger charge is -2.25. The minimum Gasteiger partial charge on any atom is -0.387 e. The molecule has 0 amide bonds. The summed E-state index contributed by atoms with van der Waals surface area (Å²) in [6.07, 6.45) is 4.89. The van der Waals surface area contributed by atoms with Crippen LogP contribution in [0.1, 0.15) is 37.4 Å². The second kappa shape index (κ2) is 6.39. The van der Waals surface area contributed by atoms with Gasteiger partial charge in [-0.15, -0.1) is 0 Å². The summed E-state index contributed by atoms with van der Waals surface area (Å²) in [5.74, 6) is 0.917. The molecular formula is C14H20ClNO. The molecule has 1 fully saturated rings. The first-order valence-electron chi connectivity index (χ1n) is 6.40. The van der Waals surface area contributed by atoms with Gasteiger partial charge in [0.15, 0.2) is 0 Å². The van der Waals surface area contributed by atoms with Crippen LogP contribution in [0.2, 0.25) is 5.02 Å². The van der Waals surface area contributed by atoms with Crippen molar-refractivity contribution >= 4 is 11.6 Å². The van der Waals surface area contributed by atoms with Crippen molar-refractivity contribution in [2.24, 2.45) is 5.92 Å². The highest BCUT2D eigenvalue weighted by atomic mass is 35.5. The normalized spacial score (nSPS) is 17.8. The van der Waals surface area contributed by atoms with Gasteiger partial charge >= 0.3 is 0 Å². The van der Waals surface area contributed by atoms with Crippen LogP contribution in [0.5, 0.6) is 0 Å². The molecule has 1 aliphatic carbocycles. The Morgan fingerprint density at radius 3 is 2.76 bits per heavy atom. The van der Waals surface area contributed by atoms with Crippen LogP contribution in [0.3, 0.4) is 0 Å². The first-order chi connectivity index (χ1) is 8.27. The van der Waals surface area contributed by atoms with Gasteiger partial charge in [-0.25, -0.2) is 0 Å². The molecule has 1 aliphatic rings. The summed E-state index contributed by atoms with van der Waals surface area (Å²) in [5.41, 5.74) is 0.810. The number of aliphatic hydroxyl groups excluding tert-OH is 1. The Morgan fingerprint density at radius 2 is 2.12 bits per heavy atom. The number of aliphatic hydroxyl groups is 1. The van der Waals surface area contributed by atoms with Crippen molar-refractivity contribution in [3.63, 3.8) is 0 Å². The number of hydrogen-bond acceptors (Lipinski definition) is 2. The molecule has 2 rings (SSSR count). The van der Waals surface area contributed by atoms with Crippen LogP contribution in [0.4, 0.5) is 0 Å². The molecule has 1 unspecified atom stereocenters. The van der Waals surface area contributed by atoms with Crippen LogP contribution < -0.4 is 5.32 Å². The van der Waals surface area contributed by atoms with Crippen molar-refractivity contribution in [3.8, 4) is 0 Å². The van der Waals surface area contributed by atoms with E-state index in [-0.39, 0.29) is 0 Å². The minimum absolute atomic E-state index is 0.509. The molecule has 0 aromatic heterocycles. The molecule has 17 heavy (non-hydrogen) atoms. The van der Waals surface area contributed by atoms with E-state index >= 15 is 0 Å². The van der Waals surface area contributed by atoms with E-state index < -0.39 is 6.10 Å². The van der Waals surface area contributed by atoms with Gasteiger partial charge in [-0.1, -0.05) is 49.1 Å². The molecule has 2 nitrogen and oxygen atoms in total. The van der Waals surface area contributed by atoms with Gasteiger partial charge in [0.25, 0.3) is 0 Å². The summed E-state index contributed by atoms with van der Waals surface area (Å²) in [4.78, 5) is 0. The number of nitrogens with one attached hydrogen (secondary N) is 1. The van der Waals surface area contributed by atoms with Crippen LogP contribution in [-0.4, -0.2) is 18.2 Å². The third kappa shape index (κ3) is 3.70. The lowest BCUT2D eigenvalue weighted by atomic mass is 9.83. The second-order valence-corrected chi connectivity index (χ2v) is 5.23. The van der Waals surface area contributed by atoms with Crippen molar-refractivity contribution in [1.82, 2.24) is 5.32 Å². The summed E-state index contributed by atoms with van der Waals surface area (Å²) in [6.45, 7) is 1.57. The summed E-state index contributed by atoms with van der Waals surface area (Å²) in [7, 11) is 0. The largest absolute Gasteiger partial charge is 0.387 e. The lowest BCUT2D eigenvalue weighted by Crippen LogP contribution is -2.25. The Bertz CT molecular complexity index is 352. The summed E-state index contributed by atoms with van der Waals surface area (Å²) in [5, 5.41) is 13.9. The fraction of sp³-hybridized carbons (Fsp3) is 0.571. The molecule has 1 saturated carbocycles. The maximum Gasteiger partial charge on any atom is 0.0928 e. The molecule has 1 aromatic rings. The predicted octanol–water partition coefficient (Wildman–Crippen LogP) is 3.15. The SMILES string of the molecule is OC(CNCCC1CCC1)c1ccccc1Cl. The van der Waals surface area contributed by atoms with Gasteiger partial charge in [0, 0.05) is 17.1 Å². The van der Waals surface area contributed by atoms with E-state index in [1.54, 1.807) is 0 Å². The van der Waals surface area contributed by atoms with Crippen molar-refractivity contribution < 1.29 is 5.11 Å². The topological polar surface area (TPSA) is 32.3 Å². The van der Waals surface area contributed by atoms with E-state index in [1.807, 2.05) is 24.3 Å². The van der Waals surface area contributed by atoms with Crippen LogP contribution >= 0.6 is 11.6 Å². The van der Waals surface area contributed by atoms with Crippen molar-refractivity contribution in [1.29, 1.82) is 0 Å². The summed E-state index contributed by atoms with van der Waals surface area (Å²) >= 11 is 6.03. The fourth-order valence-electron chi connectivity index (χ4n) is 2.18. The Hall–Kier alpha value is -0.570. The maximum absolute atomic E-state index is 9.99. The first-order valence-corrected chi connectivity index (χ1v) is 6.78. The third-order valence-corrected chi connectivity index (χ3v) is 3.90. The quantitative estimate of drug-likeness (QED) is 0.764. The van der Waals surface area contributed by atoms with E-state index in [2.05, 4.69) is 5.32 Å². The van der Waals surface area contributed by atoms with Gasteiger partial charge < -0.3 is 10.4 Å². The van der Waals surface area contributed by atoms with E-state index in [1.165, 1.54) is 25.7 Å². The smallest absolute Gasteiger partial charge is 0.0928 e. The molecular weight excluding hydrogens is 234 g/mol. The van der Waals surface area contributed by atoms with Crippen LogP contribution in [-0.2, 0) is 0 Å². The number of halogens is 1. The van der Waals surface area contributed by atoms with Gasteiger partial charge in [0.2, 0.25) is 0 Å². The maximum atomic E-state index is 9.99. The molecule has 0 bridgehead atoms. The molecule has 2 N–H and O–H groups in total. The summed E-state index contributed by atoms with van der Waals surface area (Å²) in [6, 6.07) is 7.47. The van der Waals surface area contributed by atoms with Gasteiger partial charge in [0.05, 0.1) is 6.10 Å². The monoisotopic (exact) mass is 253 g/mol. The zero-order chi connectivity index (χ0) is 12.1. The molecule has 94 valence electrons. The highest BCUT2D eigenvalue weighted by Gasteiger charge is 2.16. The zero-order valence-corrected chi connectivity index (χ0v) is 10.8. The summed E-state index contributed by atoms with van der Waals surface area (Å²) < 4.78 is 0. The van der Waals surface area contributed by atoms with Crippen molar-refractivity contribution in [2.75, 3.05) is 13.1 Å². The molecule has 0 heterocycles. The average molecular weight is 254 g/mol. The molecule has 0 spiro atoms. The second-order valence-electron chi connectivity index (χ2n) is 4.83. The molecule has 0 radical (unpaired) electrons. The van der Waals surface area contributed by atoms with Crippen molar-refractivity contribution in [3.05, 3.63) is 34.9 Å². The Balaban J connectivity index is 1.69. The van der Waals surface area contributed by atoms with Crippen LogP contribution in [0, 0.1) is 5.92 Å². The predicted molar refractivity (Wildman–Crippen MR) is 71.2 cm³/mol. The van der Waals surface area contributed by atoms with Gasteiger partial charge in [-0.05, 0) is 24.9 Å². The van der Waals surface area contributed by atoms with E-state index in [0.717, 1.165) is 18.0 Å². The average Bonchev–Trinajstić information content (AvgIpc) is 2.26. The lowest BCUT2D eigenvalue weighted by molar-refractivity contribution is 0.172. The number of rotatable bonds is 6. The number of hydrogen-bond donors (Lipinski definition) is 2. The highest BCUT2D eigenvalue weighted by molar-refractivity contribution is 6.31. The molecule has 1 aromatic carbocycles. The molecule has 3 heteroatoms. The molecule has 0 saturated heterocycles. The van der Waals surface area contributed by atoms with Gasteiger partial charge in [-0.3, -0.25) is 0 Å². The standard InChI is InChI=1S/C14H20ClNO/c15-13-7-2-1-6-12(13)14(17)10-16-9-8-11-4-3-5-11/h1-2,6-7,11,14,16-17H,3-5,8-10H2.